The van der Waals surface area contributed by atoms with Crippen molar-refractivity contribution in [3.8, 4) is 0 Å². The van der Waals surface area contributed by atoms with Gasteiger partial charge in [0.05, 0.1) is 31.0 Å². The fourth-order valence-electron chi connectivity index (χ4n) is 2.46. The average Bonchev–Trinajstić information content (AvgIpc) is 2.52. The lowest BCUT2D eigenvalue weighted by molar-refractivity contribution is -0.150. The van der Waals surface area contributed by atoms with E-state index in [-0.39, 0.29) is 12.6 Å². The molecule has 1 aromatic rings. The van der Waals surface area contributed by atoms with Crippen molar-refractivity contribution in [1.82, 2.24) is 0 Å². The molecule has 1 N–H and O–H groups in total. The molecule has 6 nitrogen and oxygen atoms in total. The van der Waals surface area contributed by atoms with Crippen LogP contribution in [0.1, 0.15) is 38.7 Å². The number of benzene rings is 1. The quantitative estimate of drug-likeness (QED) is 0.312. The number of hydrogen-bond acceptors (Lipinski definition) is 6. The SMILES string of the molecule is CCOC(=O)C(C)(CCCC(O)COS(C)(=O)=O)c1cccc(I)c1. The summed E-state index contributed by atoms with van der Waals surface area (Å²) in [7, 11) is -3.58. The topological polar surface area (TPSA) is 89.9 Å². The standard InChI is InChI=1S/C17H25IO6S/c1-4-23-16(20)17(2,13-7-5-8-14(18)11-13)10-6-9-15(19)12-24-25(3,21)22/h5,7-8,11,15,19H,4,6,9-10,12H2,1-3H3. The van der Waals surface area contributed by atoms with Crippen molar-refractivity contribution in [2.24, 2.45) is 0 Å². The molecule has 8 heteroatoms. The Morgan fingerprint density at radius 3 is 2.64 bits per heavy atom. The van der Waals surface area contributed by atoms with E-state index >= 15 is 0 Å². The van der Waals surface area contributed by atoms with E-state index in [1.165, 1.54) is 0 Å². The van der Waals surface area contributed by atoms with Crippen LogP contribution >= 0.6 is 22.6 Å². The van der Waals surface area contributed by atoms with Crippen LogP contribution in [0.3, 0.4) is 0 Å². The molecule has 0 heterocycles. The van der Waals surface area contributed by atoms with Gasteiger partial charge >= 0.3 is 5.97 Å². The van der Waals surface area contributed by atoms with Gasteiger partial charge in [-0.1, -0.05) is 12.1 Å². The van der Waals surface area contributed by atoms with Crippen LogP contribution in [0.4, 0.5) is 0 Å². The van der Waals surface area contributed by atoms with E-state index in [4.69, 9.17) is 4.74 Å². The van der Waals surface area contributed by atoms with Gasteiger partial charge in [-0.25, -0.2) is 0 Å². The van der Waals surface area contributed by atoms with Crippen LogP contribution in [0.5, 0.6) is 0 Å². The van der Waals surface area contributed by atoms with Crippen LogP contribution in [0.25, 0.3) is 0 Å². The number of aliphatic hydroxyl groups is 1. The van der Waals surface area contributed by atoms with E-state index < -0.39 is 21.6 Å². The highest BCUT2D eigenvalue weighted by atomic mass is 127. The van der Waals surface area contributed by atoms with Crippen molar-refractivity contribution in [2.75, 3.05) is 19.5 Å². The van der Waals surface area contributed by atoms with Gasteiger partial charge in [0.25, 0.3) is 10.1 Å². The van der Waals surface area contributed by atoms with Crippen LogP contribution < -0.4 is 0 Å². The third kappa shape index (κ3) is 7.59. The molecule has 142 valence electrons. The maximum Gasteiger partial charge on any atom is 0.316 e. The largest absolute Gasteiger partial charge is 0.465 e. The molecule has 0 aliphatic carbocycles. The smallest absolute Gasteiger partial charge is 0.316 e. The lowest BCUT2D eigenvalue weighted by Gasteiger charge is -2.28. The van der Waals surface area contributed by atoms with Gasteiger partial charge in [-0.2, -0.15) is 8.42 Å². The molecule has 0 amide bonds. The second kappa shape index (κ2) is 9.84. The molecule has 0 aromatic heterocycles. The van der Waals surface area contributed by atoms with Crippen LogP contribution in [0, 0.1) is 3.57 Å². The molecule has 25 heavy (non-hydrogen) atoms. The Hall–Kier alpha value is -0.710. The first kappa shape index (κ1) is 22.3. The van der Waals surface area contributed by atoms with E-state index in [0.717, 1.165) is 15.4 Å². The number of aliphatic hydroxyl groups excluding tert-OH is 1. The number of halogens is 1. The first-order chi connectivity index (χ1) is 11.6. The summed E-state index contributed by atoms with van der Waals surface area (Å²) in [6.07, 6.45) is 1.36. The molecule has 0 aliphatic rings. The molecule has 0 fully saturated rings. The predicted molar refractivity (Wildman–Crippen MR) is 104 cm³/mol. The lowest BCUT2D eigenvalue weighted by atomic mass is 9.78. The van der Waals surface area contributed by atoms with Crippen molar-refractivity contribution in [1.29, 1.82) is 0 Å². The van der Waals surface area contributed by atoms with Crippen molar-refractivity contribution < 1.29 is 27.2 Å². The lowest BCUT2D eigenvalue weighted by Crippen LogP contribution is -2.35. The normalized spacial score (nSPS) is 15.4. The maximum absolute atomic E-state index is 12.5. The highest BCUT2D eigenvalue weighted by Gasteiger charge is 2.36. The maximum atomic E-state index is 12.5. The number of ether oxygens (including phenoxy) is 1. The van der Waals surface area contributed by atoms with Gasteiger partial charge in [0.1, 0.15) is 0 Å². The molecule has 1 rings (SSSR count). The van der Waals surface area contributed by atoms with Crippen LogP contribution in [-0.2, 0) is 29.2 Å². The van der Waals surface area contributed by atoms with Gasteiger partial charge in [-0.15, -0.1) is 0 Å². The zero-order chi connectivity index (χ0) is 19.1. The molecule has 0 aliphatic heterocycles. The minimum absolute atomic E-state index is 0.280. The van der Waals surface area contributed by atoms with Crippen LogP contribution in [0.2, 0.25) is 0 Å². The highest BCUT2D eigenvalue weighted by Crippen LogP contribution is 2.32. The number of esters is 1. The molecule has 0 saturated heterocycles. The van der Waals surface area contributed by atoms with E-state index in [1.807, 2.05) is 31.2 Å². The monoisotopic (exact) mass is 484 g/mol. The molecule has 2 unspecified atom stereocenters. The number of hydrogen-bond donors (Lipinski definition) is 1. The second-order valence-corrected chi connectivity index (χ2v) is 8.99. The Kier molecular flexibility index (Phi) is 8.79. The van der Waals surface area contributed by atoms with Gasteiger partial charge < -0.3 is 9.84 Å². The summed E-state index contributed by atoms with van der Waals surface area (Å²) in [5.74, 6) is -0.307. The molecule has 0 saturated carbocycles. The van der Waals surface area contributed by atoms with Gasteiger partial charge in [-0.3, -0.25) is 8.98 Å². The molecule has 0 spiro atoms. The van der Waals surface area contributed by atoms with E-state index in [9.17, 15) is 18.3 Å². The van der Waals surface area contributed by atoms with Gasteiger partial charge in [0, 0.05) is 3.57 Å². The number of carbonyl (C=O) groups is 1. The van der Waals surface area contributed by atoms with Crippen molar-refractivity contribution in [3.05, 3.63) is 33.4 Å². The van der Waals surface area contributed by atoms with Gasteiger partial charge in [0.2, 0.25) is 0 Å². The number of carbonyl (C=O) groups excluding carboxylic acids is 1. The zero-order valence-corrected chi connectivity index (χ0v) is 17.7. The Morgan fingerprint density at radius 1 is 1.40 bits per heavy atom. The van der Waals surface area contributed by atoms with Crippen LogP contribution in [0.15, 0.2) is 24.3 Å². The Bertz CT molecular complexity index is 675. The fraction of sp³-hybridized carbons (Fsp3) is 0.588. The van der Waals surface area contributed by atoms with E-state index in [1.54, 1.807) is 6.92 Å². The highest BCUT2D eigenvalue weighted by molar-refractivity contribution is 14.1. The third-order valence-electron chi connectivity index (χ3n) is 3.88. The molecule has 0 radical (unpaired) electrons. The Morgan fingerprint density at radius 2 is 2.08 bits per heavy atom. The van der Waals surface area contributed by atoms with Crippen molar-refractivity contribution >= 4 is 38.7 Å². The van der Waals surface area contributed by atoms with Gasteiger partial charge in [-0.05, 0) is 73.4 Å². The van der Waals surface area contributed by atoms with Crippen LogP contribution in [-0.4, -0.2) is 45.1 Å². The molecular weight excluding hydrogens is 459 g/mol. The zero-order valence-electron chi connectivity index (χ0n) is 14.7. The molecule has 1 aromatic carbocycles. The average molecular weight is 484 g/mol. The van der Waals surface area contributed by atoms with Crippen molar-refractivity contribution in [3.63, 3.8) is 0 Å². The Balaban J connectivity index is 2.77. The first-order valence-corrected chi connectivity index (χ1v) is 10.9. The summed E-state index contributed by atoms with van der Waals surface area (Å²) >= 11 is 2.19. The summed E-state index contributed by atoms with van der Waals surface area (Å²) in [5, 5.41) is 9.86. The fourth-order valence-corrected chi connectivity index (χ4v) is 3.41. The summed E-state index contributed by atoms with van der Waals surface area (Å²) in [4.78, 5) is 12.5. The van der Waals surface area contributed by atoms with Gasteiger partial charge in [0.15, 0.2) is 0 Å². The first-order valence-electron chi connectivity index (χ1n) is 8.04. The van der Waals surface area contributed by atoms with E-state index in [2.05, 4.69) is 26.8 Å². The molecular formula is C17H25IO6S. The minimum atomic E-state index is -3.58. The molecule has 0 bridgehead atoms. The second-order valence-electron chi connectivity index (χ2n) is 6.10. The Labute approximate surface area is 163 Å². The molecule has 2 atom stereocenters. The van der Waals surface area contributed by atoms with Crippen molar-refractivity contribution in [2.45, 2.75) is 44.6 Å². The summed E-state index contributed by atoms with van der Waals surface area (Å²) in [6, 6.07) is 7.67. The van der Waals surface area contributed by atoms with E-state index in [0.29, 0.717) is 25.9 Å². The minimum Gasteiger partial charge on any atom is -0.465 e. The summed E-state index contributed by atoms with van der Waals surface area (Å²) in [6.45, 7) is 3.61. The predicted octanol–water partition coefficient (Wildman–Crippen LogP) is 2.62. The number of rotatable bonds is 10. The third-order valence-corrected chi connectivity index (χ3v) is 5.11. The summed E-state index contributed by atoms with van der Waals surface area (Å²) in [5.41, 5.74) is 0.0361. The summed E-state index contributed by atoms with van der Waals surface area (Å²) < 4.78 is 32.8.